The van der Waals surface area contributed by atoms with E-state index in [1.807, 2.05) is 0 Å². The summed E-state index contributed by atoms with van der Waals surface area (Å²) in [6, 6.07) is 0. The van der Waals surface area contributed by atoms with Gasteiger partial charge >= 0.3 is 11.9 Å². The van der Waals surface area contributed by atoms with Gasteiger partial charge < -0.3 is 14.6 Å². The predicted octanol–water partition coefficient (Wildman–Crippen LogP) is 14.8. The van der Waals surface area contributed by atoms with E-state index < -0.39 is 6.10 Å². The van der Waals surface area contributed by atoms with E-state index in [0.717, 1.165) is 51.4 Å². The Bertz CT molecular complexity index is 847. The Morgan fingerprint density at radius 2 is 0.755 bits per heavy atom. The van der Waals surface area contributed by atoms with Gasteiger partial charge in [0.2, 0.25) is 0 Å². The summed E-state index contributed by atoms with van der Waals surface area (Å²) in [5.41, 5.74) is 0. The van der Waals surface area contributed by atoms with Crippen LogP contribution in [0.5, 0.6) is 0 Å². The van der Waals surface area contributed by atoms with E-state index in [2.05, 4.69) is 50.3 Å². The second-order valence-electron chi connectivity index (χ2n) is 15.5. The maximum absolute atomic E-state index is 12.2. The number of allylic oxidation sites excluding steroid dienone is 6. The highest BCUT2D eigenvalue weighted by molar-refractivity contribution is 5.70. The fourth-order valence-electron chi connectivity index (χ4n) is 6.68. The summed E-state index contributed by atoms with van der Waals surface area (Å²) in [5.74, 6) is -0.586. The van der Waals surface area contributed by atoms with E-state index in [1.54, 1.807) is 0 Å². The molecule has 0 aromatic rings. The van der Waals surface area contributed by atoms with Crippen LogP contribution < -0.4 is 0 Å². The van der Waals surface area contributed by atoms with Gasteiger partial charge in [0.1, 0.15) is 6.61 Å². The molecule has 0 saturated heterocycles. The van der Waals surface area contributed by atoms with Crippen LogP contribution in [0.2, 0.25) is 0 Å². The van der Waals surface area contributed by atoms with Gasteiger partial charge in [0.05, 0.1) is 6.61 Å². The quantitative estimate of drug-likeness (QED) is 0.0383. The van der Waals surface area contributed by atoms with Crippen LogP contribution in [0.3, 0.4) is 0 Å². The molecule has 0 amide bonds. The van der Waals surface area contributed by atoms with Crippen molar-refractivity contribution in [2.45, 2.75) is 245 Å². The summed E-state index contributed by atoms with van der Waals surface area (Å²) in [6.45, 7) is 4.14. The van der Waals surface area contributed by atoms with Crippen LogP contribution >= 0.6 is 0 Å². The first-order valence-electron chi connectivity index (χ1n) is 23.0. The first-order valence-corrected chi connectivity index (χ1v) is 23.0. The molecule has 5 heteroatoms. The van der Waals surface area contributed by atoms with Crippen molar-refractivity contribution in [2.24, 2.45) is 0 Å². The lowest BCUT2D eigenvalue weighted by atomic mass is 10.0. The van der Waals surface area contributed by atoms with E-state index in [9.17, 15) is 14.7 Å². The summed E-state index contributed by atoms with van der Waals surface area (Å²) < 4.78 is 10.6. The van der Waals surface area contributed by atoms with Crippen LogP contribution in [0.15, 0.2) is 36.5 Å². The zero-order chi connectivity index (χ0) is 38.6. The minimum Gasteiger partial charge on any atom is -0.462 e. The summed E-state index contributed by atoms with van der Waals surface area (Å²) in [4.78, 5) is 24.3. The van der Waals surface area contributed by atoms with Crippen molar-refractivity contribution in [1.82, 2.24) is 0 Å². The molecule has 0 aliphatic carbocycles. The van der Waals surface area contributed by atoms with Crippen molar-refractivity contribution in [3.8, 4) is 0 Å². The Morgan fingerprint density at radius 3 is 1.13 bits per heavy atom. The molecule has 1 atom stereocenters. The molecule has 5 nitrogen and oxygen atoms in total. The molecule has 0 fully saturated rings. The number of aliphatic hydroxyl groups excluding tert-OH is 1. The molecule has 0 rings (SSSR count). The van der Waals surface area contributed by atoms with Crippen molar-refractivity contribution in [3.05, 3.63) is 36.5 Å². The number of hydrogen-bond donors (Lipinski definition) is 1. The van der Waals surface area contributed by atoms with Crippen molar-refractivity contribution in [1.29, 1.82) is 0 Å². The Kier molecular flexibility index (Phi) is 42.9. The fourth-order valence-corrected chi connectivity index (χ4v) is 6.68. The first kappa shape index (κ1) is 51.1. The smallest absolute Gasteiger partial charge is 0.306 e. The third kappa shape index (κ3) is 42.7. The Labute approximate surface area is 329 Å². The van der Waals surface area contributed by atoms with Crippen LogP contribution in [0, 0.1) is 0 Å². The minimum atomic E-state index is -0.770. The maximum Gasteiger partial charge on any atom is 0.306 e. The highest BCUT2D eigenvalue weighted by Crippen LogP contribution is 2.15. The highest BCUT2D eigenvalue weighted by Gasteiger charge is 2.16. The van der Waals surface area contributed by atoms with Gasteiger partial charge in [-0.3, -0.25) is 9.59 Å². The number of rotatable bonds is 42. The van der Waals surface area contributed by atoms with Gasteiger partial charge in [-0.05, 0) is 51.4 Å². The summed E-state index contributed by atoms with van der Waals surface area (Å²) >= 11 is 0. The number of aliphatic hydroxyl groups is 1. The molecular weight excluding hydrogens is 657 g/mol. The lowest BCUT2D eigenvalue weighted by molar-refractivity contribution is -0.161. The van der Waals surface area contributed by atoms with Gasteiger partial charge in [0.25, 0.3) is 0 Å². The Balaban J connectivity index is 3.51. The number of carbonyl (C=O) groups is 2. The minimum absolute atomic E-state index is 0.0639. The lowest BCUT2D eigenvalue weighted by Crippen LogP contribution is -2.28. The normalized spacial score (nSPS) is 12.4. The molecule has 0 aliphatic heterocycles. The fraction of sp³-hybridized carbons (Fsp3) is 0.833. The van der Waals surface area contributed by atoms with Crippen LogP contribution in [0.25, 0.3) is 0 Å². The van der Waals surface area contributed by atoms with Gasteiger partial charge in [-0.2, -0.15) is 0 Å². The van der Waals surface area contributed by atoms with Crippen molar-refractivity contribution < 1.29 is 24.2 Å². The predicted molar refractivity (Wildman–Crippen MR) is 228 cm³/mol. The van der Waals surface area contributed by atoms with E-state index >= 15 is 0 Å². The SMILES string of the molecule is CCCCCCC/C=C\C/C=C\C/C=C\CCCCCCCCCCCCC(=O)OC(CO)COC(=O)CCCCCCCCCCCCCCCC. The van der Waals surface area contributed by atoms with Gasteiger partial charge in [0.15, 0.2) is 6.10 Å². The molecule has 0 aromatic carbocycles. The lowest BCUT2D eigenvalue weighted by Gasteiger charge is -2.15. The molecule has 0 aliphatic rings. The average molecular weight is 745 g/mol. The highest BCUT2D eigenvalue weighted by atomic mass is 16.6. The number of hydrogen-bond acceptors (Lipinski definition) is 5. The van der Waals surface area contributed by atoms with Gasteiger partial charge in [-0.15, -0.1) is 0 Å². The second kappa shape index (κ2) is 44.5. The van der Waals surface area contributed by atoms with Gasteiger partial charge in [0, 0.05) is 12.8 Å². The van der Waals surface area contributed by atoms with E-state index in [1.165, 1.54) is 161 Å². The third-order valence-electron chi connectivity index (χ3n) is 10.2. The first-order chi connectivity index (χ1) is 26.1. The maximum atomic E-state index is 12.2. The van der Waals surface area contributed by atoms with Crippen molar-refractivity contribution in [2.75, 3.05) is 13.2 Å². The number of esters is 2. The standard InChI is InChI=1S/C48H88O5/c1-3-5-7-9-11-13-15-17-19-20-21-22-23-24-25-26-27-28-29-31-33-35-37-39-41-43-48(51)53-46(44-49)45-52-47(50)42-40-38-36-34-32-30-18-16-14-12-10-8-6-4-2/h15,17,20-21,23-24,46,49H,3-14,16,18-19,22,25-45H2,1-2H3/b17-15-,21-20-,24-23-. The summed E-state index contributed by atoms with van der Waals surface area (Å²) in [7, 11) is 0. The number of carbonyl (C=O) groups excluding carboxylic acids is 2. The Hall–Kier alpha value is -1.88. The second-order valence-corrected chi connectivity index (χ2v) is 15.5. The molecule has 0 heterocycles. The van der Waals surface area contributed by atoms with Crippen molar-refractivity contribution >= 4 is 11.9 Å². The van der Waals surface area contributed by atoms with Crippen LogP contribution in [0.1, 0.15) is 239 Å². The molecule has 0 aromatic heterocycles. The van der Waals surface area contributed by atoms with Crippen LogP contribution in [0.4, 0.5) is 0 Å². The number of unbranched alkanes of at least 4 members (excludes halogenated alkanes) is 28. The number of ether oxygens (including phenoxy) is 2. The van der Waals surface area contributed by atoms with E-state index in [0.29, 0.717) is 12.8 Å². The monoisotopic (exact) mass is 745 g/mol. The Morgan fingerprint density at radius 1 is 0.434 bits per heavy atom. The van der Waals surface area contributed by atoms with Gasteiger partial charge in [-0.25, -0.2) is 0 Å². The van der Waals surface area contributed by atoms with Crippen molar-refractivity contribution in [3.63, 3.8) is 0 Å². The molecule has 53 heavy (non-hydrogen) atoms. The van der Waals surface area contributed by atoms with Gasteiger partial charge in [-0.1, -0.05) is 211 Å². The topological polar surface area (TPSA) is 72.8 Å². The molecule has 1 unspecified atom stereocenters. The zero-order valence-corrected chi connectivity index (χ0v) is 35.3. The largest absolute Gasteiger partial charge is 0.462 e. The van der Waals surface area contributed by atoms with Crippen LogP contribution in [-0.4, -0.2) is 36.4 Å². The van der Waals surface area contributed by atoms with E-state index in [4.69, 9.17) is 9.47 Å². The average Bonchev–Trinajstić information content (AvgIpc) is 3.16. The van der Waals surface area contributed by atoms with Crippen LogP contribution in [-0.2, 0) is 19.1 Å². The third-order valence-corrected chi connectivity index (χ3v) is 10.2. The molecule has 0 bridgehead atoms. The molecule has 0 radical (unpaired) electrons. The summed E-state index contributed by atoms with van der Waals surface area (Å²) in [5, 5.41) is 9.59. The molecular formula is C48H88O5. The molecule has 1 N–H and O–H groups in total. The van der Waals surface area contributed by atoms with E-state index in [-0.39, 0.29) is 25.2 Å². The molecule has 310 valence electrons. The zero-order valence-electron chi connectivity index (χ0n) is 35.3. The molecule has 0 spiro atoms. The summed E-state index contributed by atoms with van der Waals surface area (Å²) in [6.07, 6.45) is 55.0. The molecule has 0 saturated carbocycles.